The van der Waals surface area contributed by atoms with Crippen molar-refractivity contribution in [2.24, 2.45) is 0 Å². The first-order valence-electron chi connectivity index (χ1n) is 9.36. The molecule has 0 amide bonds. The van der Waals surface area contributed by atoms with Gasteiger partial charge in [0.15, 0.2) is 0 Å². The van der Waals surface area contributed by atoms with Crippen molar-refractivity contribution in [3.05, 3.63) is 84.4 Å². The summed E-state index contributed by atoms with van der Waals surface area (Å²) in [4.78, 5) is 9.27. The Morgan fingerprint density at radius 2 is 1.42 bits per heavy atom. The molecule has 0 unspecified atom stereocenters. The lowest BCUT2D eigenvalue weighted by Crippen LogP contribution is -2.21. The molecule has 1 aromatic heterocycles. The number of hydrogen-bond donors (Lipinski definition) is 3. The molecule has 3 N–H and O–H groups in total. The summed E-state index contributed by atoms with van der Waals surface area (Å²) >= 11 is 0. The molecule has 0 radical (unpaired) electrons. The summed E-state index contributed by atoms with van der Waals surface area (Å²) in [5, 5.41) is 7.50. The summed E-state index contributed by atoms with van der Waals surface area (Å²) in [7, 11) is -3.23. The predicted molar refractivity (Wildman–Crippen MR) is 128 cm³/mol. The molecule has 4 aromatic rings. The normalized spacial score (nSPS) is 11.0. The van der Waals surface area contributed by atoms with Gasteiger partial charge in [-0.05, 0) is 42.0 Å². The van der Waals surface area contributed by atoms with E-state index in [1.165, 1.54) is 0 Å². The monoisotopic (exact) mass is 455 g/mol. The number of halogens is 1. The van der Waals surface area contributed by atoms with E-state index in [0.29, 0.717) is 11.8 Å². The average Bonchev–Trinajstić information content (AvgIpc) is 2.73. The van der Waals surface area contributed by atoms with E-state index in [9.17, 15) is 8.42 Å². The van der Waals surface area contributed by atoms with Crippen LogP contribution >= 0.6 is 12.4 Å². The van der Waals surface area contributed by atoms with E-state index in [0.717, 1.165) is 34.1 Å². The van der Waals surface area contributed by atoms with Crippen LogP contribution in [0.15, 0.2) is 78.9 Å². The maximum Gasteiger partial charge on any atom is 0.229 e. The highest BCUT2D eigenvalue weighted by molar-refractivity contribution is 7.88. The quantitative estimate of drug-likeness (QED) is 0.377. The van der Waals surface area contributed by atoms with Gasteiger partial charge >= 0.3 is 0 Å². The lowest BCUT2D eigenvalue weighted by atomic mass is 10.2. The van der Waals surface area contributed by atoms with E-state index in [1.807, 2.05) is 78.9 Å². The van der Waals surface area contributed by atoms with Crippen molar-refractivity contribution in [2.45, 2.75) is 6.54 Å². The van der Waals surface area contributed by atoms with Crippen LogP contribution in [-0.4, -0.2) is 24.6 Å². The van der Waals surface area contributed by atoms with Crippen molar-refractivity contribution < 1.29 is 8.42 Å². The summed E-state index contributed by atoms with van der Waals surface area (Å²) < 4.78 is 25.0. The van der Waals surface area contributed by atoms with Crippen molar-refractivity contribution in [3.8, 4) is 0 Å². The zero-order valence-corrected chi connectivity index (χ0v) is 18.4. The van der Waals surface area contributed by atoms with Crippen molar-refractivity contribution in [1.82, 2.24) is 14.7 Å². The van der Waals surface area contributed by atoms with E-state index in [2.05, 4.69) is 25.3 Å². The second kappa shape index (κ2) is 9.74. The van der Waals surface area contributed by atoms with Gasteiger partial charge in [-0.1, -0.05) is 42.5 Å². The van der Waals surface area contributed by atoms with Crippen molar-refractivity contribution in [1.29, 1.82) is 0 Å². The SMILES string of the molecule is CS(=O)(=O)NCc1ccc(Nc2nc(Nc3ccccc3)c3ccccc3n2)cc1.Cl. The third-order valence-corrected chi connectivity index (χ3v) is 5.06. The molecule has 160 valence electrons. The first-order chi connectivity index (χ1) is 14.5. The summed E-state index contributed by atoms with van der Waals surface area (Å²) in [6.45, 7) is 0.247. The third kappa shape index (κ3) is 6.14. The van der Waals surface area contributed by atoms with Crippen LogP contribution in [0.5, 0.6) is 0 Å². The Balaban J connectivity index is 0.00000272. The fourth-order valence-electron chi connectivity index (χ4n) is 2.94. The average molecular weight is 456 g/mol. The van der Waals surface area contributed by atoms with Gasteiger partial charge < -0.3 is 10.6 Å². The molecule has 31 heavy (non-hydrogen) atoms. The third-order valence-electron chi connectivity index (χ3n) is 4.39. The smallest absolute Gasteiger partial charge is 0.229 e. The molecule has 0 aliphatic carbocycles. The number of aromatic nitrogens is 2. The van der Waals surface area contributed by atoms with Crippen LogP contribution in [0.2, 0.25) is 0 Å². The van der Waals surface area contributed by atoms with E-state index in [4.69, 9.17) is 0 Å². The van der Waals surface area contributed by atoms with Crippen molar-refractivity contribution in [2.75, 3.05) is 16.9 Å². The lowest BCUT2D eigenvalue weighted by molar-refractivity contribution is 0.587. The number of hydrogen-bond acceptors (Lipinski definition) is 6. The minimum Gasteiger partial charge on any atom is -0.340 e. The van der Waals surface area contributed by atoms with Gasteiger partial charge in [-0.2, -0.15) is 4.98 Å². The Hall–Kier alpha value is -3.20. The number of sulfonamides is 1. The molecule has 0 aliphatic heterocycles. The van der Waals surface area contributed by atoms with E-state index in [1.54, 1.807) is 0 Å². The maximum atomic E-state index is 11.2. The van der Waals surface area contributed by atoms with Gasteiger partial charge in [-0.15, -0.1) is 12.4 Å². The van der Waals surface area contributed by atoms with Crippen LogP contribution in [0.1, 0.15) is 5.56 Å². The van der Waals surface area contributed by atoms with Crippen LogP contribution in [0.4, 0.5) is 23.1 Å². The first kappa shape index (κ1) is 22.5. The molecule has 3 aromatic carbocycles. The second-order valence-corrected chi connectivity index (χ2v) is 8.65. The van der Waals surface area contributed by atoms with Gasteiger partial charge in [0.25, 0.3) is 0 Å². The maximum absolute atomic E-state index is 11.2. The largest absolute Gasteiger partial charge is 0.340 e. The summed E-state index contributed by atoms with van der Waals surface area (Å²) in [6.07, 6.45) is 1.14. The van der Waals surface area contributed by atoms with Crippen molar-refractivity contribution >= 4 is 56.5 Å². The molecule has 7 nitrogen and oxygen atoms in total. The Kier molecular flexibility index (Phi) is 7.06. The molecule has 4 rings (SSSR count). The summed E-state index contributed by atoms with van der Waals surface area (Å²) in [6, 6.07) is 25.1. The fraction of sp³-hybridized carbons (Fsp3) is 0.0909. The molecule has 0 saturated heterocycles. The number of nitrogens with one attached hydrogen (secondary N) is 3. The molecule has 0 aliphatic rings. The Bertz CT molecular complexity index is 1270. The van der Waals surface area contributed by atoms with E-state index < -0.39 is 10.0 Å². The fourth-order valence-corrected chi connectivity index (χ4v) is 3.36. The van der Waals surface area contributed by atoms with Gasteiger partial charge in [0.2, 0.25) is 16.0 Å². The number of anilines is 4. The first-order valence-corrected chi connectivity index (χ1v) is 11.2. The van der Waals surface area contributed by atoms with Crippen LogP contribution in [0, 0.1) is 0 Å². The highest BCUT2D eigenvalue weighted by atomic mass is 35.5. The molecule has 1 heterocycles. The van der Waals surface area contributed by atoms with Crippen LogP contribution in [0.3, 0.4) is 0 Å². The number of nitrogens with zero attached hydrogens (tertiary/aromatic N) is 2. The molecule has 9 heteroatoms. The number of rotatable bonds is 7. The van der Waals surface area contributed by atoms with Gasteiger partial charge in [0.1, 0.15) is 5.82 Å². The lowest BCUT2D eigenvalue weighted by Gasteiger charge is -2.12. The molecule has 0 atom stereocenters. The topological polar surface area (TPSA) is 96.0 Å². The zero-order chi connectivity index (χ0) is 21.0. The number of fused-ring (bicyclic) bond motifs is 1. The molecule has 0 fully saturated rings. The van der Waals surface area contributed by atoms with Crippen LogP contribution in [0.25, 0.3) is 10.9 Å². The van der Waals surface area contributed by atoms with Gasteiger partial charge in [-0.25, -0.2) is 18.1 Å². The second-order valence-electron chi connectivity index (χ2n) is 6.82. The summed E-state index contributed by atoms with van der Waals surface area (Å²) in [5.41, 5.74) is 3.42. The molecule has 0 spiro atoms. The van der Waals surface area contributed by atoms with Gasteiger partial charge in [-0.3, -0.25) is 0 Å². The Morgan fingerprint density at radius 1 is 0.774 bits per heavy atom. The summed E-state index contributed by atoms with van der Waals surface area (Å²) in [5.74, 6) is 1.18. The molecule has 0 bridgehead atoms. The van der Waals surface area contributed by atoms with Gasteiger partial charge in [0.05, 0.1) is 11.8 Å². The van der Waals surface area contributed by atoms with E-state index >= 15 is 0 Å². The molecular weight excluding hydrogens is 434 g/mol. The van der Waals surface area contributed by atoms with E-state index in [-0.39, 0.29) is 19.0 Å². The minimum absolute atomic E-state index is 0. The number of para-hydroxylation sites is 2. The van der Waals surface area contributed by atoms with Crippen LogP contribution in [-0.2, 0) is 16.6 Å². The highest BCUT2D eigenvalue weighted by Gasteiger charge is 2.09. The zero-order valence-electron chi connectivity index (χ0n) is 16.7. The van der Waals surface area contributed by atoms with Crippen molar-refractivity contribution in [3.63, 3.8) is 0 Å². The predicted octanol–water partition coefficient (Wildman–Crippen LogP) is 4.59. The van der Waals surface area contributed by atoms with Gasteiger partial charge in [0, 0.05) is 23.3 Å². The standard InChI is InChI=1S/C22H21N5O2S.ClH/c1-30(28,29)23-15-16-11-13-18(14-12-16)25-22-26-20-10-6-5-9-19(20)21(27-22)24-17-7-3-2-4-8-17;/h2-14,23H,15H2,1H3,(H2,24,25,26,27);1H. The Labute approximate surface area is 187 Å². The molecular formula is C22H22ClN5O2S. The minimum atomic E-state index is -3.23. The molecule has 0 saturated carbocycles. The Morgan fingerprint density at radius 3 is 2.13 bits per heavy atom. The van der Waals surface area contributed by atoms with Crippen LogP contribution < -0.4 is 15.4 Å². The highest BCUT2D eigenvalue weighted by Crippen LogP contribution is 2.26. The number of benzene rings is 3.